The van der Waals surface area contributed by atoms with Crippen molar-refractivity contribution in [3.8, 4) is 0 Å². The molecule has 5 heteroatoms. The number of benzene rings is 1. The van der Waals surface area contributed by atoms with E-state index >= 15 is 0 Å². The number of carbonyl (C=O) groups is 1. The van der Waals surface area contributed by atoms with E-state index in [4.69, 9.17) is 5.73 Å². The van der Waals surface area contributed by atoms with Gasteiger partial charge in [0.25, 0.3) is 0 Å². The Hall–Kier alpha value is -1.88. The molecule has 1 atom stereocenters. The fraction of sp³-hybridized carbons (Fsp3) is 0.333. The number of esters is 1. The number of aromatic nitrogens is 2. The predicted octanol–water partition coefficient (Wildman–Crippen LogP) is 1.76. The standard InChI is InChI=1S/C12H15N3O2/c1-3-8(13)11-14-9-5-4-7(12(16)17-2)6-10(9)15-11/h4-6,8H,3,13H2,1-2H3,(H,14,15). The second-order valence-electron chi connectivity index (χ2n) is 3.86. The topological polar surface area (TPSA) is 81.0 Å². The van der Waals surface area contributed by atoms with Crippen molar-refractivity contribution in [3.63, 3.8) is 0 Å². The molecule has 90 valence electrons. The number of H-pyrrole nitrogens is 1. The molecule has 1 unspecified atom stereocenters. The molecule has 17 heavy (non-hydrogen) atoms. The molecule has 1 heterocycles. The van der Waals surface area contributed by atoms with E-state index in [0.29, 0.717) is 5.56 Å². The molecule has 1 aromatic heterocycles. The van der Waals surface area contributed by atoms with Crippen LogP contribution in [0.5, 0.6) is 0 Å². The summed E-state index contributed by atoms with van der Waals surface area (Å²) in [6, 6.07) is 5.09. The predicted molar refractivity (Wildman–Crippen MR) is 64.7 cm³/mol. The highest BCUT2D eigenvalue weighted by molar-refractivity contribution is 5.93. The third-order valence-electron chi connectivity index (χ3n) is 2.71. The van der Waals surface area contributed by atoms with Crippen molar-refractivity contribution < 1.29 is 9.53 Å². The number of nitrogens with two attached hydrogens (primary N) is 1. The Kier molecular flexibility index (Phi) is 3.10. The van der Waals surface area contributed by atoms with Gasteiger partial charge in [-0.2, -0.15) is 0 Å². The first-order valence-electron chi connectivity index (χ1n) is 5.49. The van der Waals surface area contributed by atoms with E-state index in [-0.39, 0.29) is 12.0 Å². The number of methoxy groups -OCH3 is 1. The Morgan fingerprint density at radius 2 is 2.35 bits per heavy atom. The van der Waals surface area contributed by atoms with Crippen LogP contribution < -0.4 is 5.73 Å². The van der Waals surface area contributed by atoms with Gasteiger partial charge < -0.3 is 15.5 Å². The number of ether oxygens (including phenoxy) is 1. The van der Waals surface area contributed by atoms with Crippen LogP contribution in [0.2, 0.25) is 0 Å². The van der Waals surface area contributed by atoms with Crippen LogP contribution in [0, 0.1) is 0 Å². The third-order valence-corrected chi connectivity index (χ3v) is 2.71. The van der Waals surface area contributed by atoms with Crippen LogP contribution in [0.4, 0.5) is 0 Å². The summed E-state index contributed by atoms with van der Waals surface area (Å²) in [5.41, 5.74) is 8.00. The first-order chi connectivity index (χ1) is 8.15. The van der Waals surface area contributed by atoms with Gasteiger partial charge in [0.2, 0.25) is 0 Å². The van der Waals surface area contributed by atoms with E-state index in [1.807, 2.05) is 6.92 Å². The van der Waals surface area contributed by atoms with E-state index in [1.54, 1.807) is 18.2 Å². The zero-order chi connectivity index (χ0) is 12.4. The van der Waals surface area contributed by atoms with Gasteiger partial charge in [0.05, 0.1) is 29.7 Å². The van der Waals surface area contributed by atoms with Gasteiger partial charge in [-0.15, -0.1) is 0 Å². The minimum atomic E-state index is -0.358. The average Bonchev–Trinajstić information content (AvgIpc) is 2.79. The summed E-state index contributed by atoms with van der Waals surface area (Å²) in [7, 11) is 1.36. The fourth-order valence-electron chi connectivity index (χ4n) is 1.64. The normalized spacial score (nSPS) is 12.6. The lowest BCUT2D eigenvalue weighted by molar-refractivity contribution is 0.0601. The molecule has 0 aliphatic carbocycles. The molecule has 1 aromatic carbocycles. The number of aromatic amines is 1. The largest absolute Gasteiger partial charge is 0.465 e. The minimum absolute atomic E-state index is 0.107. The van der Waals surface area contributed by atoms with Gasteiger partial charge in [-0.25, -0.2) is 9.78 Å². The highest BCUT2D eigenvalue weighted by Crippen LogP contribution is 2.18. The lowest BCUT2D eigenvalue weighted by atomic mass is 10.2. The lowest BCUT2D eigenvalue weighted by Gasteiger charge is -2.02. The van der Waals surface area contributed by atoms with Gasteiger partial charge in [0, 0.05) is 0 Å². The van der Waals surface area contributed by atoms with E-state index in [0.717, 1.165) is 23.3 Å². The van der Waals surface area contributed by atoms with Crippen molar-refractivity contribution >= 4 is 17.0 Å². The average molecular weight is 233 g/mol. The maximum absolute atomic E-state index is 11.4. The minimum Gasteiger partial charge on any atom is -0.465 e. The second-order valence-corrected chi connectivity index (χ2v) is 3.86. The van der Waals surface area contributed by atoms with Crippen LogP contribution in [-0.4, -0.2) is 23.0 Å². The van der Waals surface area contributed by atoms with E-state index in [9.17, 15) is 4.79 Å². The summed E-state index contributed by atoms with van der Waals surface area (Å²) in [4.78, 5) is 18.9. The molecule has 0 bridgehead atoms. The molecule has 2 aromatic rings. The van der Waals surface area contributed by atoms with Crippen molar-refractivity contribution in [1.29, 1.82) is 0 Å². The van der Waals surface area contributed by atoms with Gasteiger partial charge in [-0.05, 0) is 24.6 Å². The zero-order valence-electron chi connectivity index (χ0n) is 9.86. The lowest BCUT2D eigenvalue weighted by Crippen LogP contribution is -2.10. The van der Waals surface area contributed by atoms with E-state index in [1.165, 1.54) is 7.11 Å². The van der Waals surface area contributed by atoms with E-state index < -0.39 is 0 Å². The smallest absolute Gasteiger partial charge is 0.337 e. The maximum atomic E-state index is 11.4. The molecule has 2 rings (SSSR count). The Morgan fingerprint density at radius 1 is 1.59 bits per heavy atom. The summed E-state index contributed by atoms with van der Waals surface area (Å²) in [5, 5.41) is 0. The van der Waals surface area contributed by atoms with Gasteiger partial charge in [0.15, 0.2) is 0 Å². The molecule has 0 saturated carbocycles. The van der Waals surface area contributed by atoms with Crippen molar-refractivity contribution in [3.05, 3.63) is 29.6 Å². The van der Waals surface area contributed by atoms with Crippen molar-refractivity contribution in [2.45, 2.75) is 19.4 Å². The third kappa shape index (κ3) is 2.14. The number of rotatable bonds is 3. The fourth-order valence-corrected chi connectivity index (χ4v) is 1.64. The van der Waals surface area contributed by atoms with Gasteiger partial charge in [-0.1, -0.05) is 6.92 Å². The van der Waals surface area contributed by atoms with Crippen LogP contribution in [0.25, 0.3) is 11.0 Å². The summed E-state index contributed by atoms with van der Waals surface area (Å²) < 4.78 is 4.66. The summed E-state index contributed by atoms with van der Waals surface area (Å²) in [6.45, 7) is 2.00. The first-order valence-corrected chi connectivity index (χ1v) is 5.49. The van der Waals surface area contributed by atoms with Crippen LogP contribution in [0.1, 0.15) is 35.6 Å². The molecule has 3 N–H and O–H groups in total. The van der Waals surface area contributed by atoms with Crippen LogP contribution in [-0.2, 0) is 4.74 Å². The number of fused-ring (bicyclic) bond motifs is 1. The molecule has 0 aliphatic rings. The summed E-state index contributed by atoms with van der Waals surface area (Å²) in [6.07, 6.45) is 0.809. The van der Waals surface area contributed by atoms with Crippen LogP contribution in [0.3, 0.4) is 0 Å². The summed E-state index contributed by atoms with van der Waals surface area (Å²) >= 11 is 0. The monoisotopic (exact) mass is 233 g/mol. The molecule has 5 nitrogen and oxygen atoms in total. The Bertz CT molecular complexity index is 548. The Labute approximate surface area is 99.0 Å². The molecule has 0 radical (unpaired) electrons. The molecular formula is C12H15N3O2. The molecule has 0 fully saturated rings. The Morgan fingerprint density at radius 3 is 3.00 bits per heavy atom. The number of hydrogen-bond acceptors (Lipinski definition) is 4. The number of nitrogens with one attached hydrogen (secondary N) is 1. The number of nitrogens with zero attached hydrogens (tertiary/aromatic N) is 1. The number of carbonyl (C=O) groups excluding carboxylic acids is 1. The molecule has 0 saturated heterocycles. The molecule has 0 aliphatic heterocycles. The molecular weight excluding hydrogens is 218 g/mol. The van der Waals surface area contributed by atoms with Gasteiger partial charge >= 0.3 is 5.97 Å². The van der Waals surface area contributed by atoms with Gasteiger partial charge in [-0.3, -0.25) is 0 Å². The highest BCUT2D eigenvalue weighted by Gasteiger charge is 2.11. The SMILES string of the molecule is CCC(N)c1nc2ccc(C(=O)OC)cc2[nH]1. The second kappa shape index (κ2) is 4.55. The van der Waals surface area contributed by atoms with Crippen molar-refractivity contribution in [1.82, 2.24) is 9.97 Å². The van der Waals surface area contributed by atoms with Crippen LogP contribution in [0.15, 0.2) is 18.2 Å². The maximum Gasteiger partial charge on any atom is 0.337 e. The number of imidazole rings is 1. The van der Waals surface area contributed by atoms with Crippen LogP contribution >= 0.6 is 0 Å². The molecule has 0 spiro atoms. The Balaban J connectivity index is 2.44. The van der Waals surface area contributed by atoms with Crippen molar-refractivity contribution in [2.75, 3.05) is 7.11 Å². The number of hydrogen-bond donors (Lipinski definition) is 2. The van der Waals surface area contributed by atoms with E-state index in [2.05, 4.69) is 14.7 Å². The molecule has 0 amide bonds. The van der Waals surface area contributed by atoms with Crippen molar-refractivity contribution in [2.24, 2.45) is 5.73 Å². The first kappa shape index (κ1) is 11.6. The zero-order valence-corrected chi connectivity index (χ0v) is 9.86. The van der Waals surface area contributed by atoms with Gasteiger partial charge in [0.1, 0.15) is 5.82 Å². The summed E-state index contributed by atoms with van der Waals surface area (Å²) in [5.74, 6) is 0.382. The quantitative estimate of drug-likeness (QED) is 0.791. The highest BCUT2D eigenvalue weighted by atomic mass is 16.5.